The zero-order valence-electron chi connectivity index (χ0n) is 13.0. The summed E-state index contributed by atoms with van der Waals surface area (Å²) in [5, 5.41) is 11.8. The topological polar surface area (TPSA) is 58.6 Å². The monoisotopic (exact) mass is 333 g/mol. The molecule has 0 heterocycles. The number of unbranched alkanes of at least 4 members (excludes halogenated alkanes) is 1. The van der Waals surface area contributed by atoms with Gasteiger partial charge in [0.25, 0.3) is 0 Å². The minimum Gasteiger partial charge on any atom is -0.388 e. The Morgan fingerprint density at radius 2 is 2.09 bits per heavy atom. The van der Waals surface area contributed by atoms with Crippen molar-refractivity contribution >= 4 is 5.91 Å². The minimum absolute atomic E-state index is 0.0228. The molecule has 1 aromatic carbocycles. The Morgan fingerprint density at radius 1 is 1.35 bits per heavy atom. The molecule has 0 saturated carbocycles. The summed E-state index contributed by atoms with van der Waals surface area (Å²) in [5.74, 6) is -1.99. The first kappa shape index (κ1) is 19.4. The van der Waals surface area contributed by atoms with Crippen LogP contribution in [0.3, 0.4) is 0 Å². The summed E-state index contributed by atoms with van der Waals surface area (Å²) >= 11 is 0. The maximum atomic E-state index is 12.0. The van der Waals surface area contributed by atoms with Crippen molar-refractivity contribution in [3.05, 3.63) is 35.4 Å². The van der Waals surface area contributed by atoms with Crippen LogP contribution in [-0.4, -0.2) is 37.5 Å². The minimum atomic E-state index is -4.90. The maximum absolute atomic E-state index is 12.0. The summed E-state index contributed by atoms with van der Waals surface area (Å²) < 4.78 is 41.1. The quantitative estimate of drug-likeness (QED) is 0.683. The number of benzene rings is 1. The maximum Gasteiger partial charge on any atom is 0.471 e. The number of alkyl halides is 3. The number of amides is 1. The van der Waals surface area contributed by atoms with Gasteiger partial charge in [0.1, 0.15) is 0 Å². The predicted octanol–water partition coefficient (Wildman–Crippen LogP) is 2.76. The number of halogens is 3. The number of nitrogens with one attached hydrogen (secondary N) is 1. The molecule has 0 aliphatic carbocycles. The van der Waals surface area contributed by atoms with Crippen molar-refractivity contribution in [3.8, 4) is 0 Å². The Kier molecular flexibility index (Phi) is 8.05. The van der Waals surface area contributed by atoms with Crippen LogP contribution in [-0.2, 0) is 16.0 Å². The number of hydrogen-bond acceptors (Lipinski definition) is 3. The Bertz CT molecular complexity index is 492. The van der Waals surface area contributed by atoms with Crippen LogP contribution < -0.4 is 5.32 Å². The molecule has 1 atom stereocenters. The van der Waals surface area contributed by atoms with Gasteiger partial charge in [0.15, 0.2) is 0 Å². The van der Waals surface area contributed by atoms with Gasteiger partial charge >= 0.3 is 12.1 Å². The molecule has 1 unspecified atom stereocenters. The molecule has 2 N–H and O–H groups in total. The van der Waals surface area contributed by atoms with Crippen LogP contribution in [0.4, 0.5) is 13.2 Å². The molecule has 1 rings (SSSR count). The number of aryl methyl sites for hydroxylation is 1. The molecule has 0 fully saturated rings. The normalized spacial score (nSPS) is 12.9. The van der Waals surface area contributed by atoms with Crippen molar-refractivity contribution in [3.63, 3.8) is 0 Å². The largest absolute Gasteiger partial charge is 0.471 e. The van der Waals surface area contributed by atoms with E-state index in [1.165, 1.54) is 0 Å². The van der Waals surface area contributed by atoms with Gasteiger partial charge < -0.3 is 15.2 Å². The fourth-order valence-electron chi connectivity index (χ4n) is 2.12. The van der Waals surface area contributed by atoms with Gasteiger partial charge in [-0.2, -0.15) is 13.2 Å². The van der Waals surface area contributed by atoms with Crippen molar-refractivity contribution in [2.45, 2.75) is 38.0 Å². The summed E-state index contributed by atoms with van der Waals surface area (Å²) in [6, 6.07) is 7.30. The average Bonchev–Trinajstić information content (AvgIpc) is 2.50. The van der Waals surface area contributed by atoms with E-state index in [2.05, 4.69) is 0 Å². The lowest BCUT2D eigenvalue weighted by atomic mass is 10.0. The van der Waals surface area contributed by atoms with E-state index in [1.54, 1.807) is 24.6 Å². The molecule has 0 aliphatic heterocycles. The second-order valence-corrected chi connectivity index (χ2v) is 5.25. The highest BCUT2D eigenvalue weighted by Gasteiger charge is 2.38. The van der Waals surface area contributed by atoms with E-state index in [1.807, 2.05) is 12.1 Å². The van der Waals surface area contributed by atoms with Crippen LogP contribution in [0.25, 0.3) is 0 Å². The van der Waals surface area contributed by atoms with Gasteiger partial charge in [-0.25, -0.2) is 0 Å². The van der Waals surface area contributed by atoms with E-state index in [-0.39, 0.29) is 13.0 Å². The summed E-state index contributed by atoms with van der Waals surface area (Å²) in [6.07, 6.45) is -3.05. The van der Waals surface area contributed by atoms with E-state index < -0.39 is 18.2 Å². The number of rotatable bonds is 9. The van der Waals surface area contributed by atoms with Crippen molar-refractivity contribution < 1.29 is 27.8 Å². The zero-order valence-corrected chi connectivity index (χ0v) is 13.0. The van der Waals surface area contributed by atoms with Gasteiger partial charge in [-0.15, -0.1) is 0 Å². The SMILES string of the molecule is COCCCCc1cccc(C(O)CCNC(=O)C(F)(F)F)c1. The first-order chi connectivity index (χ1) is 10.8. The first-order valence-corrected chi connectivity index (χ1v) is 7.45. The second-order valence-electron chi connectivity index (χ2n) is 5.25. The van der Waals surface area contributed by atoms with Crippen LogP contribution >= 0.6 is 0 Å². The van der Waals surface area contributed by atoms with Crippen molar-refractivity contribution in [1.82, 2.24) is 5.32 Å². The van der Waals surface area contributed by atoms with Crippen LogP contribution in [0.5, 0.6) is 0 Å². The molecule has 0 radical (unpaired) electrons. The summed E-state index contributed by atoms with van der Waals surface area (Å²) in [6.45, 7) is 0.457. The van der Waals surface area contributed by atoms with E-state index >= 15 is 0 Å². The molecule has 130 valence electrons. The fourth-order valence-corrected chi connectivity index (χ4v) is 2.12. The molecule has 0 spiro atoms. The van der Waals surface area contributed by atoms with Crippen LogP contribution in [0.15, 0.2) is 24.3 Å². The third kappa shape index (κ3) is 7.47. The van der Waals surface area contributed by atoms with Crippen LogP contribution in [0.1, 0.15) is 36.5 Å². The lowest BCUT2D eigenvalue weighted by molar-refractivity contribution is -0.173. The molecule has 0 aliphatic rings. The Morgan fingerprint density at radius 3 is 2.74 bits per heavy atom. The average molecular weight is 333 g/mol. The Balaban J connectivity index is 2.43. The van der Waals surface area contributed by atoms with E-state index in [4.69, 9.17) is 4.74 Å². The third-order valence-corrected chi connectivity index (χ3v) is 3.36. The molecule has 1 amide bonds. The van der Waals surface area contributed by atoms with Gasteiger partial charge in [-0.05, 0) is 36.8 Å². The molecule has 1 aromatic rings. The summed E-state index contributed by atoms with van der Waals surface area (Å²) in [7, 11) is 1.65. The van der Waals surface area contributed by atoms with E-state index in [0.717, 1.165) is 24.8 Å². The van der Waals surface area contributed by atoms with Crippen molar-refractivity contribution in [1.29, 1.82) is 0 Å². The number of aliphatic hydroxyl groups is 1. The molecule has 0 saturated heterocycles. The fraction of sp³-hybridized carbons (Fsp3) is 0.562. The molecule has 0 aromatic heterocycles. The highest BCUT2D eigenvalue weighted by Crippen LogP contribution is 2.19. The zero-order chi connectivity index (χ0) is 17.3. The highest BCUT2D eigenvalue weighted by atomic mass is 19.4. The van der Waals surface area contributed by atoms with Gasteiger partial charge in [0.05, 0.1) is 6.10 Å². The Labute approximate surface area is 133 Å². The van der Waals surface area contributed by atoms with Crippen molar-refractivity contribution in [2.75, 3.05) is 20.3 Å². The molecule has 7 heteroatoms. The van der Waals surface area contributed by atoms with E-state index in [0.29, 0.717) is 12.2 Å². The smallest absolute Gasteiger partial charge is 0.388 e. The van der Waals surface area contributed by atoms with Crippen molar-refractivity contribution in [2.24, 2.45) is 0 Å². The van der Waals surface area contributed by atoms with Crippen LogP contribution in [0.2, 0.25) is 0 Å². The standard InChI is InChI=1S/C16H22F3NO3/c1-23-10-3-2-5-12-6-4-7-13(11-12)14(21)8-9-20-15(22)16(17,18)19/h4,6-7,11,14,21H,2-3,5,8-10H2,1H3,(H,20,22). The van der Waals surface area contributed by atoms with Crippen LogP contribution in [0, 0.1) is 0 Å². The molecule has 0 bridgehead atoms. The van der Waals surface area contributed by atoms with Gasteiger partial charge in [0, 0.05) is 20.3 Å². The predicted molar refractivity (Wildman–Crippen MR) is 79.9 cm³/mol. The summed E-state index contributed by atoms with van der Waals surface area (Å²) in [5.41, 5.74) is 1.69. The van der Waals surface area contributed by atoms with Gasteiger partial charge in [0.2, 0.25) is 0 Å². The molecular formula is C16H22F3NO3. The molecule has 4 nitrogen and oxygen atoms in total. The number of ether oxygens (including phenoxy) is 1. The first-order valence-electron chi connectivity index (χ1n) is 7.45. The number of aliphatic hydroxyl groups excluding tert-OH is 1. The number of carbonyl (C=O) groups is 1. The Hall–Kier alpha value is -1.60. The van der Waals surface area contributed by atoms with Gasteiger partial charge in [-0.1, -0.05) is 24.3 Å². The summed E-state index contributed by atoms with van der Waals surface area (Å²) in [4.78, 5) is 10.7. The lowest BCUT2D eigenvalue weighted by Gasteiger charge is -2.13. The second kappa shape index (κ2) is 9.52. The highest BCUT2D eigenvalue weighted by molar-refractivity contribution is 5.81. The number of hydrogen-bond donors (Lipinski definition) is 2. The number of methoxy groups -OCH3 is 1. The number of carbonyl (C=O) groups excluding carboxylic acids is 1. The third-order valence-electron chi connectivity index (χ3n) is 3.36. The lowest BCUT2D eigenvalue weighted by Crippen LogP contribution is -2.37. The molecular weight excluding hydrogens is 311 g/mol. The van der Waals surface area contributed by atoms with Gasteiger partial charge in [-0.3, -0.25) is 4.79 Å². The van der Waals surface area contributed by atoms with E-state index in [9.17, 15) is 23.1 Å². The molecule has 23 heavy (non-hydrogen) atoms.